The van der Waals surface area contributed by atoms with Crippen LogP contribution in [0.1, 0.15) is 0 Å². The second kappa shape index (κ2) is 1.75. The fraction of sp³-hybridized carbons (Fsp3) is 0.200. The van der Waals surface area contributed by atoms with E-state index in [0.29, 0.717) is 5.03 Å². The molecule has 0 aliphatic carbocycles. The first kappa shape index (κ1) is 6.12. The first-order chi connectivity index (χ1) is 3.60. The molecule has 0 bridgehead atoms. The van der Waals surface area contributed by atoms with E-state index in [4.69, 9.17) is 11.6 Å². The smallest absolute Gasteiger partial charge is 0.128 e. The zero-order valence-corrected chi connectivity index (χ0v) is 6.12. The van der Waals surface area contributed by atoms with Gasteiger partial charge in [0, 0.05) is 5.03 Å². The zero-order valence-electron chi connectivity index (χ0n) is 4.47. The Balaban J connectivity index is 3.01. The largest absolute Gasteiger partial charge is 0.315 e. The highest BCUT2D eigenvalue weighted by molar-refractivity contribution is 7.69. The highest BCUT2D eigenvalue weighted by atomic mass is 35.5. The first-order valence-corrected chi connectivity index (χ1v) is 4.92. The molecule has 0 fully saturated rings. The molecule has 1 nitrogen and oxygen atoms in total. The molecule has 0 aromatic heterocycles. The Morgan fingerprint density at radius 2 is 2.38 bits per heavy atom. The molecule has 0 N–H and O–H groups in total. The summed E-state index contributed by atoms with van der Waals surface area (Å²) in [7, 11) is -2.07. The van der Waals surface area contributed by atoms with Crippen LogP contribution in [0, 0.1) is 0 Å². The van der Waals surface area contributed by atoms with Crippen molar-refractivity contribution < 1.29 is 4.57 Å². The summed E-state index contributed by atoms with van der Waals surface area (Å²) in [6.45, 7) is 1.68. The van der Waals surface area contributed by atoms with Crippen LogP contribution < -0.4 is 0 Å². The first-order valence-electron chi connectivity index (χ1n) is 2.25. The van der Waals surface area contributed by atoms with Gasteiger partial charge in [0.15, 0.2) is 0 Å². The van der Waals surface area contributed by atoms with Crippen molar-refractivity contribution in [2.24, 2.45) is 0 Å². The maximum atomic E-state index is 11.0. The average Bonchev–Trinajstić information content (AvgIpc) is 1.82. The van der Waals surface area contributed by atoms with E-state index < -0.39 is 7.14 Å². The van der Waals surface area contributed by atoms with Crippen molar-refractivity contribution in [3.63, 3.8) is 0 Å². The number of allylic oxidation sites excluding steroid dienone is 2. The average molecular weight is 149 g/mol. The second-order valence-corrected chi connectivity index (χ2v) is 5.00. The van der Waals surface area contributed by atoms with Gasteiger partial charge < -0.3 is 4.57 Å². The molecular weight excluding hydrogens is 142 g/mol. The van der Waals surface area contributed by atoms with Crippen LogP contribution >= 0.6 is 18.7 Å². The molecule has 0 aromatic carbocycles. The summed E-state index contributed by atoms with van der Waals surface area (Å²) in [6.07, 6.45) is 1.67. The summed E-state index contributed by atoms with van der Waals surface area (Å²) in [5.74, 6) is 3.24. The lowest BCUT2D eigenvalue weighted by Gasteiger charge is -1.90. The monoisotopic (exact) mass is 148 g/mol. The summed E-state index contributed by atoms with van der Waals surface area (Å²) >= 11 is 5.50. The van der Waals surface area contributed by atoms with Gasteiger partial charge in [-0.1, -0.05) is 11.6 Å². The fourth-order valence-corrected chi connectivity index (χ4v) is 2.40. The Hall–Kier alpha value is -0.0000000000000000555. The lowest BCUT2D eigenvalue weighted by molar-refractivity contribution is 0.590. The summed E-state index contributed by atoms with van der Waals surface area (Å²) in [4.78, 5) is 0. The van der Waals surface area contributed by atoms with Gasteiger partial charge in [-0.25, -0.2) is 0 Å². The Morgan fingerprint density at radius 1 is 1.75 bits per heavy atom. The van der Waals surface area contributed by atoms with Gasteiger partial charge in [0.25, 0.3) is 0 Å². The molecule has 0 aromatic rings. The number of hydrogen-bond acceptors (Lipinski definition) is 1. The van der Waals surface area contributed by atoms with Crippen molar-refractivity contribution in [3.05, 3.63) is 22.7 Å². The maximum absolute atomic E-state index is 11.0. The molecule has 1 aliphatic heterocycles. The molecule has 8 heavy (non-hydrogen) atoms. The molecule has 44 valence electrons. The molecule has 1 unspecified atom stereocenters. The molecular formula is C5H6ClOP. The van der Waals surface area contributed by atoms with Crippen LogP contribution in [0.15, 0.2) is 22.7 Å². The molecule has 1 rings (SSSR count). The number of halogens is 1. The molecule has 0 saturated carbocycles. The molecule has 1 heterocycles. The van der Waals surface area contributed by atoms with Gasteiger partial charge in [-0.3, -0.25) is 0 Å². The van der Waals surface area contributed by atoms with E-state index >= 15 is 0 Å². The summed E-state index contributed by atoms with van der Waals surface area (Å²) in [5, 5.41) is 0.593. The highest BCUT2D eigenvalue weighted by Crippen LogP contribution is 2.50. The Morgan fingerprint density at radius 3 is 2.50 bits per heavy atom. The summed E-state index contributed by atoms with van der Waals surface area (Å²) in [6, 6.07) is 0. The van der Waals surface area contributed by atoms with E-state index in [1.54, 1.807) is 24.4 Å². The van der Waals surface area contributed by atoms with Gasteiger partial charge in [-0.2, -0.15) is 0 Å². The molecule has 1 atom stereocenters. The lowest BCUT2D eigenvalue weighted by Crippen LogP contribution is -1.56. The van der Waals surface area contributed by atoms with Crippen molar-refractivity contribution in [1.29, 1.82) is 0 Å². The van der Waals surface area contributed by atoms with Crippen LogP contribution in [0.5, 0.6) is 0 Å². The van der Waals surface area contributed by atoms with E-state index in [0.717, 1.165) is 0 Å². The van der Waals surface area contributed by atoms with Crippen molar-refractivity contribution >= 4 is 18.7 Å². The van der Waals surface area contributed by atoms with Gasteiger partial charge in [-0.15, -0.1) is 0 Å². The Bertz CT molecular complexity index is 204. The predicted molar refractivity (Wildman–Crippen MR) is 36.6 cm³/mol. The van der Waals surface area contributed by atoms with Crippen LogP contribution in [0.4, 0.5) is 0 Å². The quantitative estimate of drug-likeness (QED) is 0.483. The normalized spacial score (nSPS) is 35.5. The summed E-state index contributed by atoms with van der Waals surface area (Å²) < 4.78 is 11.0. The topological polar surface area (TPSA) is 17.1 Å². The van der Waals surface area contributed by atoms with E-state index in [1.807, 2.05) is 0 Å². The SMILES string of the molecule is CP1(=O)C=CC(Cl)=C1. The van der Waals surface area contributed by atoms with Gasteiger partial charge in [0.05, 0.1) is 0 Å². The third-order valence-corrected chi connectivity index (χ3v) is 2.83. The Labute approximate surface area is 53.4 Å². The predicted octanol–water partition coefficient (Wildman–Crippen LogP) is 2.59. The molecule has 0 spiro atoms. The van der Waals surface area contributed by atoms with Crippen LogP contribution in [0.3, 0.4) is 0 Å². The minimum absolute atomic E-state index is 0.593. The highest BCUT2D eigenvalue weighted by Gasteiger charge is 2.11. The molecule has 3 heteroatoms. The van der Waals surface area contributed by atoms with E-state index in [1.165, 1.54) is 0 Å². The minimum atomic E-state index is -2.07. The van der Waals surface area contributed by atoms with Gasteiger partial charge >= 0.3 is 0 Å². The molecule has 0 saturated heterocycles. The van der Waals surface area contributed by atoms with Crippen molar-refractivity contribution in [3.8, 4) is 0 Å². The number of hydrogen-bond donors (Lipinski definition) is 0. The van der Waals surface area contributed by atoms with Gasteiger partial charge in [0.2, 0.25) is 0 Å². The van der Waals surface area contributed by atoms with Crippen molar-refractivity contribution in [2.75, 3.05) is 6.66 Å². The third kappa shape index (κ3) is 1.24. The van der Waals surface area contributed by atoms with Crippen molar-refractivity contribution in [2.45, 2.75) is 0 Å². The van der Waals surface area contributed by atoms with E-state index in [-0.39, 0.29) is 0 Å². The van der Waals surface area contributed by atoms with Gasteiger partial charge in [-0.05, 0) is 24.4 Å². The fourth-order valence-electron chi connectivity index (χ4n) is 0.550. The molecule has 1 aliphatic rings. The minimum Gasteiger partial charge on any atom is -0.315 e. The van der Waals surface area contributed by atoms with Gasteiger partial charge in [0.1, 0.15) is 7.14 Å². The van der Waals surface area contributed by atoms with E-state index in [2.05, 4.69) is 0 Å². The zero-order chi connectivity index (χ0) is 6.20. The Kier molecular flexibility index (Phi) is 1.34. The van der Waals surface area contributed by atoms with Crippen LogP contribution in [-0.2, 0) is 4.57 Å². The molecule has 0 amide bonds. The standard InChI is InChI=1S/C5H6ClOP/c1-8(7)3-2-5(6)4-8/h2-4H,1H3. The number of rotatable bonds is 0. The second-order valence-electron chi connectivity index (χ2n) is 1.89. The maximum Gasteiger partial charge on any atom is 0.128 e. The van der Waals surface area contributed by atoms with E-state index in [9.17, 15) is 4.57 Å². The van der Waals surface area contributed by atoms with Crippen LogP contribution in [-0.4, -0.2) is 6.66 Å². The van der Waals surface area contributed by atoms with Crippen LogP contribution in [0.2, 0.25) is 0 Å². The third-order valence-electron chi connectivity index (χ3n) is 0.909. The van der Waals surface area contributed by atoms with Crippen LogP contribution in [0.25, 0.3) is 0 Å². The molecule has 0 radical (unpaired) electrons. The van der Waals surface area contributed by atoms with Crippen molar-refractivity contribution in [1.82, 2.24) is 0 Å². The lowest BCUT2D eigenvalue weighted by atomic mass is 10.6. The summed E-state index contributed by atoms with van der Waals surface area (Å²) in [5.41, 5.74) is 0.